The summed E-state index contributed by atoms with van der Waals surface area (Å²) in [6, 6.07) is 6.20. The van der Waals surface area contributed by atoms with Gasteiger partial charge in [0.2, 0.25) is 11.8 Å². The van der Waals surface area contributed by atoms with Gasteiger partial charge in [0.1, 0.15) is 11.8 Å². The first-order valence-electron chi connectivity index (χ1n) is 12.4. The lowest BCUT2D eigenvalue weighted by molar-refractivity contribution is -0.130. The van der Waals surface area contributed by atoms with E-state index in [1.54, 1.807) is 7.05 Å². The molecule has 0 bridgehead atoms. The number of nitrogens with one attached hydrogen (secondary N) is 5. The van der Waals surface area contributed by atoms with Crippen LogP contribution in [0.5, 0.6) is 0 Å². The molecule has 4 amide bonds. The second-order valence-corrected chi connectivity index (χ2v) is 9.05. The quantitative estimate of drug-likeness (QED) is 0.130. The molecule has 0 aliphatic carbocycles. The lowest BCUT2D eigenvalue weighted by Crippen LogP contribution is -2.53. The number of hydrogen-bond donors (Lipinski definition) is 6. The summed E-state index contributed by atoms with van der Waals surface area (Å²) in [6.45, 7) is 6.50. The number of primary amides is 1. The number of anilines is 1. The van der Waals surface area contributed by atoms with Gasteiger partial charge in [-0.1, -0.05) is 26.0 Å². The Kier molecular flexibility index (Phi) is 14.8. The Bertz CT molecular complexity index is 831. The average Bonchev–Trinajstić information content (AvgIpc) is 2.82. The van der Waals surface area contributed by atoms with Crippen molar-refractivity contribution in [2.24, 2.45) is 11.7 Å². The van der Waals surface area contributed by atoms with E-state index in [0.29, 0.717) is 45.4 Å². The van der Waals surface area contributed by atoms with Gasteiger partial charge in [-0.2, -0.15) is 0 Å². The standard InChI is InChI=1S/C25H42N6O5/c1-17(2)23(31-22(33)9-5-7-18(3)32)24(34)30-21(8-6-14-28-25(26)35)15-29-20-12-10-19(11-13-20)16-36-27-4/h10-13,17,21,23,27,29H,5-9,14-16H2,1-4H3,(H,30,34)(H,31,33)(H3,26,28,35). The molecular weight excluding hydrogens is 464 g/mol. The average molecular weight is 507 g/mol. The molecule has 1 aromatic carbocycles. The molecule has 0 heterocycles. The fourth-order valence-electron chi connectivity index (χ4n) is 3.47. The molecule has 202 valence electrons. The van der Waals surface area contributed by atoms with E-state index in [0.717, 1.165) is 11.3 Å². The minimum atomic E-state index is -0.701. The van der Waals surface area contributed by atoms with Crippen LogP contribution in [-0.4, -0.2) is 55.8 Å². The van der Waals surface area contributed by atoms with E-state index in [9.17, 15) is 19.2 Å². The van der Waals surface area contributed by atoms with E-state index in [2.05, 4.69) is 26.7 Å². The molecule has 0 saturated carbocycles. The Morgan fingerprint density at radius 2 is 1.69 bits per heavy atom. The van der Waals surface area contributed by atoms with Crippen LogP contribution in [0, 0.1) is 5.92 Å². The summed E-state index contributed by atoms with van der Waals surface area (Å²) in [4.78, 5) is 52.7. The van der Waals surface area contributed by atoms with Crippen LogP contribution < -0.4 is 32.5 Å². The van der Waals surface area contributed by atoms with Crippen molar-refractivity contribution >= 4 is 29.3 Å². The SMILES string of the molecule is CNOCc1ccc(NCC(CCCNC(N)=O)NC(=O)C(NC(=O)CCCC(C)=O)C(C)C)cc1. The van der Waals surface area contributed by atoms with Gasteiger partial charge in [0.05, 0.1) is 6.61 Å². The van der Waals surface area contributed by atoms with Crippen LogP contribution in [0.2, 0.25) is 0 Å². The van der Waals surface area contributed by atoms with E-state index >= 15 is 0 Å². The molecule has 0 saturated heterocycles. The van der Waals surface area contributed by atoms with Crippen molar-refractivity contribution < 1.29 is 24.0 Å². The van der Waals surface area contributed by atoms with Crippen LogP contribution in [0.15, 0.2) is 24.3 Å². The normalized spacial score (nSPS) is 12.5. The maximum absolute atomic E-state index is 13.1. The first-order chi connectivity index (χ1) is 17.1. The van der Waals surface area contributed by atoms with Gasteiger partial charge in [-0.25, -0.2) is 10.3 Å². The van der Waals surface area contributed by atoms with Crippen molar-refractivity contribution in [3.8, 4) is 0 Å². The van der Waals surface area contributed by atoms with E-state index in [-0.39, 0.29) is 36.0 Å². The summed E-state index contributed by atoms with van der Waals surface area (Å²) >= 11 is 0. The van der Waals surface area contributed by atoms with Crippen LogP contribution in [0.4, 0.5) is 10.5 Å². The van der Waals surface area contributed by atoms with Crippen LogP contribution in [0.3, 0.4) is 0 Å². The van der Waals surface area contributed by atoms with Crippen molar-refractivity contribution in [1.29, 1.82) is 0 Å². The van der Waals surface area contributed by atoms with Gasteiger partial charge in [-0.3, -0.25) is 14.4 Å². The van der Waals surface area contributed by atoms with Crippen LogP contribution >= 0.6 is 0 Å². The molecule has 0 aromatic heterocycles. The Balaban J connectivity index is 2.75. The molecule has 11 nitrogen and oxygen atoms in total. The molecule has 2 unspecified atom stereocenters. The summed E-state index contributed by atoms with van der Waals surface area (Å²) in [5.74, 6) is -0.630. The number of urea groups is 1. The minimum Gasteiger partial charge on any atom is -0.383 e. The monoisotopic (exact) mass is 506 g/mol. The zero-order chi connectivity index (χ0) is 26.9. The molecule has 7 N–H and O–H groups in total. The molecular formula is C25H42N6O5. The number of carbonyl (C=O) groups excluding carboxylic acids is 4. The first-order valence-corrected chi connectivity index (χ1v) is 12.4. The highest BCUT2D eigenvalue weighted by Gasteiger charge is 2.26. The third kappa shape index (κ3) is 13.6. The summed E-state index contributed by atoms with van der Waals surface area (Å²) in [7, 11) is 1.70. The van der Waals surface area contributed by atoms with E-state index < -0.39 is 12.1 Å². The third-order valence-electron chi connectivity index (χ3n) is 5.46. The highest BCUT2D eigenvalue weighted by atomic mass is 16.6. The highest BCUT2D eigenvalue weighted by Crippen LogP contribution is 2.12. The zero-order valence-corrected chi connectivity index (χ0v) is 21.8. The maximum atomic E-state index is 13.1. The summed E-state index contributed by atoms with van der Waals surface area (Å²) < 4.78 is 0. The Morgan fingerprint density at radius 3 is 2.28 bits per heavy atom. The van der Waals surface area contributed by atoms with Crippen molar-refractivity contribution in [2.75, 3.05) is 25.5 Å². The van der Waals surface area contributed by atoms with Gasteiger partial charge < -0.3 is 31.8 Å². The molecule has 1 aromatic rings. The summed E-state index contributed by atoms with van der Waals surface area (Å²) in [5.41, 5.74) is 9.66. The number of rotatable bonds is 18. The summed E-state index contributed by atoms with van der Waals surface area (Å²) in [6.07, 6.45) is 2.18. The predicted octanol–water partition coefficient (Wildman–Crippen LogP) is 1.58. The van der Waals surface area contributed by atoms with E-state index in [1.807, 2.05) is 38.1 Å². The largest absolute Gasteiger partial charge is 0.383 e. The number of hydrogen-bond acceptors (Lipinski definition) is 7. The van der Waals surface area contributed by atoms with Crippen LogP contribution in [0.25, 0.3) is 0 Å². The van der Waals surface area contributed by atoms with Gasteiger partial charge in [0.25, 0.3) is 0 Å². The van der Waals surface area contributed by atoms with Crippen molar-refractivity contribution in [3.63, 3.8) is 0 Å². The molecule has 0 aliphatic rings. The topological polar surface area (TPSA) is 164 Å². The highest BCUT2D eigenvalue weighted by molar-refractivity contribution is 5.88. The van der Waals surface area contributed by atoms with Gasteiger partial charge in [-0.15, -0.1) is 0 Å². The zero-order valence-electron chi connectivity index (χ0n) is 21.8. The lowest BCUT2D eigenvalue weighted by atomic mass is 10.0. The molecule has 0 spiro atoms. The number of carbonyl (C=O) groups is 4. The number of nitrogens with two attached hydrogens (primary N) is 1. The molecule has 1 rings (SSSR count). The Hall–Kier alpha value is -3.18. The number of benzene rings is 1. The smallest absolute Gasteiger partial charge is 0.312 e. The fourth-order valence-corrected chi connectivity index (χ4v) is 3.47. The van der Waals surface area contributed by atoms with E-state index in [4.69, 9.17) is 10.6 Å². The van der Waals surface area contributed by atoms with Gasteiger partial charge >= 0.3 is 6.03 Å². The third-order valence-corrected chi connectivity index (χ3v) is 5.46. The second kappa shape index (κ2) is 17.3. The van der Waals surface area contributed by atoms with Gasteiger partial charge in [-0.05, 0) is 49.8 Å². The maximum Gasteiger partial charge on any atom is 0.312 e. The summed E-state index contributed by atoms with van der Waals surface area (Å²) in [5, 5.41) is 11.7. The molecule has 0 radical (unpaired) electrons. The van der Waals surface area contributed by atoms with Crippen molar-refractivity contribution in [1.82, 2.24) is 21.4 Å². The number of Topliss-reactive ketones (excluding diaryl/α,β-unsaturated/α-hetero) is 1. The van der Waals surface area contributed by atoms with Crippen LogP contribution in [-0.2, 0) is 25.8 Å². The number of amides is 4. The molecule has 11 heteroatoms. The van der Waals surface area contributed by atoms with Crippen LogP contribution in [0.1, 0.15) is 58.4 Å². The Labute approximate surface area is 213 Å². The number of ketones is 1. The van der Waals surface area contributed by atoms with Gasteiger partial charge in [0, 0.05) is 44.7 Å². The van der Waals surface area contributed by atoms with Gasteiger partial charge in [0.15, 0.2) is 0 Å². The van der Waals surface area contributed by atoms with Crippen molar-refractivity contribution in [3.05, 3.63) is 29.8 Å². The lowest BCUT2D eigenvalue weighted by Gasteiger charge is -2.26. The van der Waals surface area contributed by atoms with E-state index in [1.165, 1.54) is 6.92 Å². The first kappa shape index (κ1) is 30.9. The molecule has 2 atom stereocenters. The molecule has 0 fully saturated rings. The fraction of sp³-hybridized carbons (Fsp3) is 0.600. The molecule has 0 aliphatic heterocycles. The predicted molar refractivity (Wildman–Crippen MR) is 139 cm³/mol. The number of hydroxylamine groups is 1. The van der Waals surface area contributed by atoms with Crippen molar-refractivity contribution in [2.45, 2.75) is 71.6 Å². The Morgan fingerprint density at radius 1 is 1.00 bits per heavy atom. The minimum absolute atomic E-state index is 0.0306. The molecule has 36 heavy (non-hydrogen) atoms. The second-order valence-electron chi connectivity index (χ2n) is 9.05.